The molecule has 0 aliphatic heterocycles. The van der Waals surface area contributed by atoms with Gasteiger partial charge in [-0.05, 0) is 43.2 Å². The first-order valence-electron chi connectivity index (χ1n) is 7.89. The molecule has 3 heteroatoms. The van der Waals surface area contributed by atoms with Crippen LogP contribution >= 0.6 is 0 Å². The van der Waals surface area contributed by atoms with Gasteiger partial charge >= 0.3 is 0 Å². The van der Waals surface area contributed by atoms with Gasteiger partial charge in [-0.3, -0.25) is 0 Å². The Hall–Kier alpha value is -1.61. The van der Waals surface area contributed by atoms with Crippen LogP contribution in [-0.4, -0.2) is 11.1 Å². The molecule has 1 aromatic carbocycles. The summed E-state index contributed by atoms with van der Waals surface area (Å²) < 4.78 is 6.10. The van der Waals surface area contributed by atoms with E-state index >= 15 is 0 Å². The number of fused-ring (bicyclic) bond motifs is 1. The molecule has 0 radical (unpaired) electrons. The quantitative estimate of drug-likeness (QED) is 0.920. The summed E-state index contributed by atoms with van der Waals surface area (Å²) in [6.45, 7) is 5.23. The monoisotopic (exact) mass is 284 g/mol. The van der Waals surface area contributed by atoms with Crippen molar-refractivity contribution < 1.29 is 4.74 Å². The number of hydrogen-bond acceptors (Lipinski definition) is 3. The molecular weight excluding hydrogens is 260 g/mol. The van der Waals surface area contributed by atoms with Gasteiger partial charge < -0.3 is 10.5 Å². The Bertz CT molecular complexity index is 626. The highest BCUT2D eigenvalue weighted by Crippen LogP contribution is 2.31. The van der Waals surface area contributed by atoms with Crippen molar-refractivity contribution in [2.24, 2.45) is 11.8 Å². The van der Waals surface area contributed by atoms with Gasteiger partial charge in [0.25, 0.3) is 0 Å². The van der Waals surface area contributed by atoms with E-state index in [9.17, 15) is 0 Å². The fourth-order valence-electron chi connectivity index (χ4n) is 3.15. The first-order valence-corrected chi connectivity index (χ1v) is 7.89. The molecule has 1 heterocycles. The highest BCUT2D eigenvalue weighted by atomic mass is 16.5. The Balaban J connectivity index is 1.69. The topological polar surface area (TPSA) is 48.1 Å². The summed E-state index contributed by atoms with van der Waals surface area (Å²) in [6.07, 6.45) is 3.94. The molecule has 1 saturated carbocycles. The van der Waals surface area contributed by atoms with Crippen LogP contribution in [0.2, 0.25) is 0 Å². The van der Waals surface area contributed by atoms with Crippen LogP contribution in [-0.2, 0) is 11.3 Å². The lowest BCUT2D eigenvalue weighted by molar-refractivity contribution is -0.00725. The maximum Gasteiger partial charge on any atom is 0.129 e. The number of aromatic nitrogens is 1. The fourth-order valence-corrected chi connectivity index (χ4v) is 3.15. The predicted octanol–water partition coefficient (Wildman–Crippen LogP) is 4.16. The summed E-state index contributed by atoms with van der Waals surface area (Å²) >= 11 is 0. The van der Waals surface area contributed by atoms with Crippen molar-refractivity contribution in [2.45, 2.75) is 45.8 Å². The van der Waals surface area contributed by atoms with Gasteiger partial charge in [-0.15, -0.1) is 0 Å². The van der Waals surface area contributed by atoms with Gasteiger partial charge in [0.15, 0.2) is 0 Å². The number of ether oxygens (including phenoxy) is 1. The smallest absolute Gasteiger partial charge is 0.129 e. The molecular formula is C18H24N2O. The van der Waals surface area contributed by atoms with E-state index in [1.54, 1.807) is 0 Å². The number of nitrogens with two attached hydrogens (primary N) is 1. The van der Waals surface area contributed by atoms with E-state index in [0.29, 0.717) is 18.5 Å². The molecule has 1 aliphatic rings. The second kappa shape index (κ2) is 6.02. The number of rotatable bonds is 3. The second-order valence-electron chi connectivity index (χ2n) is 6.43. The highest BCUT2D eigenvalue weighted by Gasteiger charge is 2.25. The molecule has 1 aromatic heterocycles. The van der Waals surface area contributed by atoms with Crippen LogP contribution in [0.25, 0.3) is 10.9 Å². The second-order valence-corrected chi connectivity index (χ2v) is 6.43. The van der Waals surface area contributed by atoms with E-state index in [4.69, 9.17) is 10.5 Å². The maximum absolute atomic E-state index is 6.10. The number of benzene rings is 1. The Morgan fingerprint density at radius 3 is 2.81 bits per heavy atom. The van der Waals surface area contributed by atoms with Crippen molar-refractivity contribution in [2.75, 3.05) is 5.73 Å². The number of nitrogen functional groups attached to an aromatic ring is 1. The zero-order valence-corrected chi connectivity index (χ0v) is 12.9. The minimum Gasteiger partial charge on any atom is -0.383 e. The molecule has 1 fully saturated rings. The highest BCUT2D eigenvalue weighted by molar-refractivity contribution is 5.81. The van der Waals surface area contributed by atoms with Gasteiger partial charge in [-0.2, -0.15) is 0 Å². The molecule has 0 saturated heterocycles. The van der Waals surface area contributed by atoms with E-state index in [2.05, 4.69) is 31.0 Å². The maximum atomic E-state index is 6.10. The summed E-state index contributed by atoms with van der Waals surface area (Å²) in [5.41, 5.74) is 8.00. The van der Waals surface area contributed by atoms with Crippen LogP contribution in [0.3, 0.4) is 0 Å². The van der Waals surface area contributed by atoms with E-state index < -0.39 is 0 Å². The molecule has 2 aromatic rings. The number of anilines is 1. The number of pyridine rings is 1. The lowest BCUT2D eigenvalue weighted by Crippen LogP contribution is -2.26. The molecule has 2 N–H and O–H groups in total. The number of hydrogen-bond donors (Lipinski definition) is 1. The average molecular weight is 284 g/mol. The molecule has 3 rings (SSSR count). The molecule has 3 atom stereocenters. The number of para-hydroxylation sites is 1. The molecule has 3 nitrogen and oxygen atoms in total. The van der Waals surface area contributed by atoms with Crippen LogP contribution in [0.5, 0.6) is 0 Å². The van der Waals surface area contributed by atoms with Gasteiger partial charge in [0.1, 0.15) is 5.82 Å². The van der Waals surface area contributed by atoms with E-state index in [1.165, 1.54) is 6.42 Å². The van der Waals surface area contributed by atoms with Crippen molar-refractivity contribution in [3.63, 3.8) is 0 Å². The summed E-state index contributed by atoms with van der Waals surface area (Å²) in [5.74, 6) is 2.15. The number of nitrogens with zero attached hydrogens (tertiary/aromatic N) is 1. The van der Waals surface area contributed by atoms with Gasteiger partial charge in [-0.1, -0.05) is 32.0 Å². The van der Waals surface area contributed by atoms with E-state index in [0.717, 1.165) is 41.1 Å². The van der Waals surface area contributed by atoms with Crippen molar-refractivity contribution in [1.82, 2.24) is 4.98 Å². The predicted molar refractivity (Wildman–Crippen MR) is 86.9 cm³/mol. The molecule has 3 unspecified atom stereocenters. The van der Waals surface area contributed by atoms with Gasteiger partial charge in [-0.25, -0.2) is 4.98 Å². The molecule has 0 amide bonds. The molecule has 0 spiro atoms. The van der Waals surface area contributed by atoms with Gasteiger partial charge in [0.2, 0.25) is 0 Å². The largest absolute Gasteiger partial charge is 0.383 e. The SMILES string of the molecule is CC1CCC(OCc2cc3ccccc3nc2N)CC1C. The Morgan fingerprint density at radius 1 is 1.19 bits per heavy atom. The molecule has 21 heavy (non-hydrogen) atoms. The van der Waals surface area contributed by atoms with E-state index in [-0.39, 0.29) is 0 Å². The third-order valence-electron chi connectivity index (χ3n) is 4.86. The average Bonchev–Trinajstić information content (AvgIpc) is 2.48. The van der Waals surface area contributed by atoms with Crippen LogP contribution in [0.1, 0.15) is 38.7 Å². The van der Waals surface area contributed by atoms with Gasteiger partial charge in [0, 0.05) is 10.9 Å². The zero-order chi connectivity index (χ0) is 14.8. The first kappa shape index (κ1) is 14.3. The van der Waals surface area contributed by atoms with E-state index in [1.807, 2.05) is 18.2 Å². The summed E-state index contributed by atoms with van der Waals surface area (Å²) in [6, 6.07) is 10.2. The Kier molecular flexibility index (Phi) is 4.11. The van der Waals surface area contributed by atoms with Crippen LogP contribution in [0.4, 0.5) is 5.82 Å². The summed E-state index contributed by atoms with van der Waals surface area (Å²) in [7, 11) is 0. The zero-order valence-electron chi connectivity index (χ0n) is 12.9. The lowest BCUT2D eigenvalue weighted by Gasteiger charge is -2.32. The minimum atomic E-state index is 0.363. The standard InChI is InChI=1S/C18H24N2O/c1-12-7-8-16(9-13(12)2)21-11-15-10-14-5-3-4-6-17(14)20-18(15)19/h3-6,10,12-13,16H,7-9,11H2,1-2H3,(H2,19,20). The normalized spacial score (nSPS) is 26.1. The lowest BCUT2D eigenvalue weighted by atomic mass is 9.80. The molecule has 112 valence electrons. The van der Waals surface area contributed by atoms with Crippen molar-refractivity contribution in [1.29, 1.82) is 0 Å². The minimum absolute atomic E-state index is 0.363. The van der Waals surface area contributed by atoms with Crippen molar-refractivity contribution >= 4 is 16.7 Å². The summed E-state index contributed by atoms with van der Waals surface area (Å²) in [5, 5.41) is 1.12. The van der Waals surface area contributed by atoms with Crippen molar-refractivity contribution in [3.8, 4) is 0 Å². The Morgan fingerprint density at radius 2 is 2.00 bits per heavy atom. The molecule has 0 bridgehead atoms. The van der Waals surface area contributed by atoms with Crippen molar-refractivity contribution in [3.05, 3.63) is 35.9 Å². The molecule has 1 aliphatic carbocycles. The third-order valence-corrected chi connectivity index (χ3v) is 4.86. The van der Waals surface area contributed by atoms with Crippen LogP contribution in [0, 0.1) is 11.8 Å². The third kappa shape index (κ3) is 3.18. The first-order chi connectivity index (χ1) is 10.1. The summed E-state index contributed by atoms with van der Waals surface area (Å²) in [4.78, 5) is 4.46. The Labute approximate surface area is 126 Å². The van der Waals surface area contributed by atoms with Gasteiger partial charge in [0.05, 0.1) is 18.2 Å². The van der Waals surface area contributed by atoms with Crippen LogP contribution in [0.15, 0.2) is 30.3 Å². The van der Waals surface area contributed by atoms with Crippen LogP contribution < -0.4 is 5.73 Å². The fraction of sp³-hybridized carbons (Fsp3) is 0.500.